The van der Waals surface area contributed by atoms with Crippen LogP contribution in [0.1, 0.15) is 26.3 Å². The molecule has 0 spiro atoms. The molecular weight excluding hydrogens is 200 g/mol. The van der Waals surface area contributed by atoms with Gasteiger partial charge in [-0.1, -0.05) is 26.8 Å². The maximum Gasteiger partial charge on any atom is 0.120 e. The van der Waals surface area contributed by atoms with Crippen molar-refractivity contribution < 1.29 is 4.74 Å². The Morgan fingerprint density at radius 2 is 2.00 bits per heavy atom. The van der Waals surface area contributed by atoms with Gasteiger partial charge in [-0.15, -0.1) is 0 Å². The van der Waals surface area contributed by atoms with Crippen LogP contribution in [0.4, 0.5) is 5.69 Å². The van der Waals surface area contributed by atoms with Gasteiger partial charge in [-0.3, -0.25) is 0 Å². The second-order valence-corrected chi connectivity index (χ2v) is 5.23. The van der Waals surface area contributed by atoms with Gasteiger partial charge in [0.1, 0.15) is 5.75 Å². The van der Waals surface area contributed by atoms with E-state index in [1.807, 2.05) is 18.2 Å². The molecule has 3 nitrogen and oxygen atoms in total. The Kier molecular flexibility index (Phi) is 4.19. The first-order valence-electron chi connectivity index (χ1n) is 5.55. The van der Waals surface area contributed by atoms with Crippen LogP contribution in [-0.4, -0.2) is 13.7 Å². The summed E-state index contributed by atoms with van der Waals surface area (Å²) in [6.07, 6.45) is 0. The smallest absolute Gasteiger partial charge is 0.120 e. The van der Waals surface area contributed by atoms with Gasteiger partial charge in [0.15, 0.2) is 0 Å². The molecule has 0 heterocycles. The van der Waals surface area contributed by atoms with Crippen LogP contribution >= 0.6 is 0 Å². The molecule has 90 valence electrons. The van der Waals surface area contributed by atoms with Crippen LogP contribution in [0.2, 0.25) is 0 Å². The van der Waals surface area contributed by atoms with Gasteiger partial charge in [0, 0.05) is 24.8 Å². The highest BCUT2D eigenvalue weighted by atomic mass is 16.5. The van der Waals surface area contributed by atoms with Gasteiger partial charge >= 0.3 is 0 Å². The molecule has 0 aliphatic rings. The maximum absolute atomic E-state index is 5.93. The molecule has 0 aromatic heterocycles. The summed E-state index contributed by atoms with van der Waals surface area (Å²) in [6.45, 7) is 8.39. The van der Waals surface area contributed by atoms with E-state index < -0.39 is 0 Å². The molecule has 1 aromatic rings. The Bertz CT molecular complexity index is 342. The van der Waals surface area contributed by atoms with Crippen LogP contribution in [0, 0.1) is 5.41 Å². The van der Waals surface area contributed by atoms with E-state index in [-0.39, 0.29) is 0 Å². The molecule has 0 aliphatic carbocycles. The molecule has 0 radical (unpaired) electrons. The largest absolute Gasteiger partial charge is 0.497 e. The first-order chi connectivity index (χ1) is 7.42. The van der Waals surface area contributed by atoms with Crippen LogP contribution in [-0.2, 0) is 6.54 Å². The second-order valence-electron chi connectivity index (χ2n) is 5.23. The molecule has 3 heteroatoms. The lowest BCUT2D eigenvalue weighted by atomic mass is 9.97. The predicted molar refractivity (Wildman–Crippen MR) is 68.6 cm³/mol. The molecule has 1 rings (SSSR count). The minimum Gasteiger partial charge on any atom is -0.497 e. The molecule has 1 aromatic carbocycles. The number of hydrogen-bond acceptors (Lipinski definition) is 3. The number of methoxy groups -OCH3 is 1. The van der Waals surface area contributed by atoms with Crippen LogP contribution < -0.4 is 15.8 Å². The van der Waals surface area contributed by atoms with Crippen molar-refractivity contribution in [2.24, 2.45) is 5.41 Å². The van der Waals surface area contributed by atoms with Gasteiger partial charge in [-0.25, -0.2) is 0 Å². The quantitative estimate of drug-likeness (QED) is 0.769. The van der Waals surface area contributed by atoms with E-state index in [9.17, 15) is 0 Å². The lowest BCUT2D eigenvalue weighted by molar-refractivity contribution is 0.379. The van der Waals surface area contributed by atoms with Crippen molar-refractivity contribution in [1.82, 2.24) is 5.32 Å². The summed E-state index contributed by atoms with van der Waals surface area (Å²) in [7, 11) is 1.65. The minimum atomic E-state index is 0.293. The van der Waals surface area contributed by atoms with Crippen LogP contribution in [0.3, 0.4) is 0 Å². The van der Waals surface area contributed by atoms with Crippen molar-refractivity contribution in [1.29, 1.82) is 0 Å². The third-order valence-corrected chi connectivity index (χ3v) is 2.32. The predicted octanol–water partition coefficient (Wildman–Crippen LogP) is 2.41. The number of benzene rings is 1. The summed E-state index contributed by atoms with van der Waals surface area (Å²) < 4.78 is 5.11. The third kappa shape index (κ3) is 4.11. The van der Waals surface area contributed by atoms with Gasteiger partial charge in [0.05, 0.1) is 7.11 Å². The van der Waals surface area contributed by atoms with E-state index in [1.165, 1.54) is 0 Å². The highest BCUT2D eigenvalue weighted by Crippen LogP contribution is 2.19. The summed E-state index contributed by atoms with van der Waals surface area (Å²) in [4.78, 5) is 0. The van der Waals surface area contributed by atoms with E-state index in [0.717, 1.165) is 30.1 Å². The standard InChI is InChI=1S/C13H22N2O/c1-13(2,3)9-15-8-10-5-6-11(16-4)7-12(10)14/h5-7,15H,8-9,14H2,1-4H3. The van der Waals surface area contributed by atoms with Crippen molar-refractivity contribution in [2.75, 3.05) is 19.4 Å². The van der Waals surface area contributed by atoms with Crippen LogP contribution in [0.15, 0.2) is 18.2 Å². The van der Waals surface area contributed by atoms with Crippen molar-refractivity contribution >= 4 is 5.69 Å². The Morgan fingerprint density at radius 1 is 1.31 bits per heavy atom. The fraction of sp³-hybridized carbons (Fsp3) is 0.538. The summed E-state index contributed by atoms with van der Waals surface area (Å²) in [6, 6.07) is 5.79. The topological polar surface area (TPSA) is 47.3 Å². The number of nitrogens with one attached hydrogen (secondary N) is 1. The average Bonchev–Trinajstić information content (AvgIpc) is 2.18. The van der Waals surface area contributed by atoms with Crippen molar-refractivity contribution in [3.8, 4) is 5.75 Å². The number of rotatable bonds is 4. The summed E-state index contributed by atoms with van der Waals surface area (Å²) in [5, 5.41) is 3.40. The monoisotopic (exact) mass is 222 g/mol. The molecule has 0 saturated heterocycles. The number of ether oxygens (including phenoxy) is 1. The molecule has 0 aliphatic heterocycles. The van der Waals surface area contributed by atoms with Gasteiger partial charge in [0.2, 0.25) is 0 Å². The zero-order chi connectivity index (χ0) is 12.2. The summed E-state index contributed by atoms with van der Waals surface area (Å²) >= 11 is 0. The Hall–Kier alpha value is -1.22. The van der Waals surface area contributed by atoms with Gasteiger partial charge < -0.3 is 15.8 Å². The van der Waals surface area contributed by atoms with Crippen molar-refractivity contribution in [2.45, 2.75) is 27.3 Å². The Labute approximate surface area is 98.0 Å². The van der Waals surface area contributed by atoms with E-state index in [0.29, 0.717) is 5.41 Å². The lowest BCUT2D eigenvalue weighted by Crippen LogP contribution is -2.26. The van der Waals surface area contributed by atoms with E-state index in [2.05, 4.69) is 26.1 Å². The molecule has 0 atom stereocenters. The zero-order valence-corrected chi connectivity index (χ0v) is 10.6. The normalized spacial score (nSPS) is 11.5. The van der Waals surface area contributed by atoms with E-state index in [1.54, 1.807) is 7.11 Å². The number of hydrogen-bond donors (Lipinski definition) is 2. The zero-order valence-electron chi connectivity index (χ0n) is 10.6. The van der Waals surface area contributed by atoms with Gasteiger partial charge in [0.25, 0.3) is 0 Å². The number of nitrogens with two attached hydrogens (primary N) is 1. The maximum atomic E-state index is 5.93. The SMILES string of the molecule is COc1ccc(CNCC(C)(C)C)c(N)c1. The highest BCUT2D eigenvalue weighted by molar-refractivity contribution is 5.51. The first kappa shape index (κ1) is 12.8. The molecule has 0 unspecified atom stereocenters. The van der Waals surface area contributed by atoms with Gasteiger partial charge in [-0.05, 0) is 17.0 Å². The minimum absolute atomic E-state index is 0.293. The molecule has 0 fully saturated rings. The summed E-state index contributed by atoms with van der Waals surface area (Å²) in [5.41, 5.74) is 8.11. The summed E-state index contributed by atoms with van der Waals surface area (Å²) in [5.74, 6) is 0.803. The fourth-order valence-corrected chi connectivity index (χ4v) is 1.43. The van der Waals surface area contributed by atoms with Crippen LogP contribution in [0.5, 0.6) is 5.75 Å². The first-order valence-corrected chi connectivity index (χ1v) is 5.55. The molecule has 3 N–H and O–H groups in total. The van der Waals surface area contributed by atoms with E-state index >= 15 is 0 Å². The highest BCUT2D eigenvalue weighted by Gasteiger charge is 2.09. The lowest BCUT2D eigenvalue weighted by Gasteiger charge is -2.19. The second kappa shape index (κ2) is 5.21. The Morgan fingerprint density at radius 3 is 2.50 bits per heavy atom. The molecule has 0 bridgehead atoms. The number of anilines is 1. The number of nitrogen functional groups attached to an aromatic ring is 1. The molecule has 16 heavy (non-hydrogen) atoms. The van der Waals surface area contributed by atoms with Crippen molar-refractivity contribution in [3.63, 3.8) is 0 Å². The van der Waals surface area contributed by atoms with E-state index in [4.69, 9.17) is 10.5 Å². The fourth-order valence-electron chi connectivity index (χ4n) is 1.43. The Balaban J connectivity index is 2.55. The molecule has 0 saturated carbocycles. The average molecular weight is 222 g/mol. The molecular formula is C13H22N2O. The van der Waals surface area contributed by atoms with Crippen molar-refractivity contribution in [3.05, 3.63) is 23.8 Å². The van der Waals surface area contributed by atoms with Gasteiger partial charge in [-0.2, -0.15) is 0 Å². The molecule has 0 amide bonds. The third-order valence-electron chi connectivity index (χ3n) is 2.32. The van der Waals surface area contributed by atoms with Crippen LogP contribution in [0.25, 0.3) is 0 Å².